The molecule has 1 heterocycles. The van der Waals surface area contributed by atoms with Crippen LogP contribution in [-0.2, 0) is 4.79 Å². The molecular formula is C26H19N5O4. The lowest BCUT2D eigenvalue weighted by Crippen LogP contribution is -2.30. The molecule has 1 atom stereocenters. The first-order valence-electron chi connectivity index (χ1n) is 10.6. The van der Waals surface area contributed by atoms with Gasteiger partial charge in [-0.1, -0.05) is 60.7 Å². The Morgan fingerprint density at radius 3 is 2.37 bits per heavy atom. The Morgan fingerprint density at radius 2 is 1.69 bits per heavy atom. The second-order valence-corrected chi connectivity index (χ2v) is 7.71. The van der Waals surface area contributed by atoms with Crippen LogP contribution in [0.2, 0.25) is 0 Å². The van der Waals surface area contributed by atoms with Gasteiger partial charge in [-0.2, -0.15) is 5.26 Å². The van der Waals surface area contributed by atoms with E-state index in [-0.39, 0.29) is 34.4 Å². The van der Waals surface area contributed by atoms with E-state index in [0.717, 1.165) is 11.6 Å². The largest absolute Gasteiger partial charge is 0.345 e. The van der Waals surface area contributed by atoms with Crippen molar-refractivity contribution in [2.45, 2.75) is 13.0 Å². The standard InChI is InChI=1S/C26H19N5O4/c1-16(17-8-3-2-4-9-17)28-26(33)22(15-27)23-20-12-5-6-13-21(20)24(29-23)30-25(32)18-10-7-11-19(14-18)31(34)35/h2-14,16H,1H3,(H,28,33)(H,29,30,32)/b23-22+/t16-/m1/s1. The molecular weight excluding hydrogens is 446 g/mol. The van der Waals surface area contributed by atoms with Gasteiger partial charge in [0, 0.05) is 28.8 Å². The smallest absolute Gasteiger partial charge is 0.270 e. The maximum absolute atomic E-state index is 13.0. The molecule has 4 rings (SSSR count). The summed E-state index contributed by atoms with van der Waals surface area (Å²) >= 11 is 0. The van der Waals surface area contributed by atoms with Crippen LogP contribution >= 0.6 is 0 Å². The number of fused-ring (bicyclic) bond motifs is 1. The lowest BCUT2D eigenvalue weighted by atomic mass is 10.0. The Morgan fingerprint density at radius 1 is 1.00 bits per heavy atom. The fourth-order valence-corrected chi connectivity index (χ4v) is 3.66. The maximum atomic E-state index is 13.0. The number of amidine groups is 1. The summed E-state index contributed by atoms with van der Waals surface area (Å²) in [5.41, 5.74) is 1.71. The zero-order chi connectivity index (χ0) is 24.9. The highest BCUT2D eigenvalue weighted by atomic mass is 16.6. The lowest BCUT2D eigenvalue weighted by Gasteiger charge is -2.14. The van der Waals surface area contributed by atoms with Gasteiger partial charge in [-0.25, -0.2) is 4.99 Å². The Bertz CT molecular complexity index is 1440. The molecule has 0 bridgehead atoms. The second-order valence-electron chi connectivity index (χ2n) is 7.71. The van der Waals surface area contributed by atoms with Crippen LogP contribution in [0.5, 0.6) is 0 Å². The van der Waals surface area contributed by atoms with Gasteiger partial charge in [-0.15, -0.1) is 0 Å². The first-order chi connectivity index (χ1) is 16.9. The van der Waals surface area contributed by atoms with E-state index >= 15 is 0 Å². The number of nitro benzene ring substituents is 1. The molecule has 0 radical (unpaired) electrons. The van der Waals surface area contributed by atoms with Crippen molar-refractivity contribution in [2.24, 2.45) is 4.99 Å². The van der Waals surface area contributed by atoms with E-state index in [0.29, 0.717) is 11.1 Å². The van der Waals surface area contributed by atoms with Crippen molar-refractivity contribution in [2.75, 3.05) is 0 Å². The van der Waals surface area contributed by atoms with Gasteiger partial charge in [0.05, 0.1) is 16.7 Å². The van der Waals surface area contributed by atoms with Crippen molar-refractivity contribution in [3.05, 3.63) is 117 Å². The quantitative estimate of drug-likeness (QED) is 0.255. The number of benzene rings is 3. The van der Waals surface area contributed by atoms with Gasteiger partial charge < -0.3 is 10.6 Å². The predicted molar refractivity (Wildman–Crippen MR) is 129 cm³/mol. The molecule has 1 aliphatic rings. The Balaban J connectivity index is 1.66. The van der Waals surface area contributed by atoms with Crippen LogP contribution in [0.15, 0.2) is 89.4 Å². The van der Waals surface area contributed by atoms with Gasteiger partial charge in [-0.3, -0.25) is 19.7 Å². The average molecular weight is 465 g/mol. The third-order valence-electron chi connectivity index (χ3n) is 5.43. The van der Waals surface area contributed by atoms with Crippen molar-refractivity contribution < 1.29 is 14.5 Å². The molecule has 1 aliphatic heterocycles. The van der Waals surface area contributed by atoms with Crippen molar-refractivity contribution in [3.63, 3.8) is 0 Å². The monoisotopic (exact) mass is 465 g/mol. The third kappa shape index (κ3) is 4.82. The summed E-state index contributed by atoms with van der Waals surface area (Å²) in [7, 11) is 0. The average Bonchev–Trinajstić information content (AvgIpc) is 3.23. The minimum Gasteiger partial charge on any atom is -0.345 e. The number of nitro groups is 1. The number of aliphatic imine (C=N–C) groups is 1. The molecule has 0 unspecified atom stereocenters. The normalized spacial score (nSPS) is 14.1. The molecule has 3 aromatic rings. The van der Waals surface area contributed by atoms with Crippen LogP contribution in [0, 0.1) is 21.4 Å². The third-order valence-corrected chi connectivity index (χ3v) is 5.43. The van der Waals surface area contributed by atoms with E-state index < -0.39 is 16.7 Å². The predicted octanol–water partition coefficient (Wildman–Crippen LogP) is 3.90. The highest BCUT2D eigenvalue weighted by Gasteiger charge is 2.28. The molecule has 0 saturated heterocycles. The number of hydrogen-bond donors (Lipinski definition) is 2. The number of carbonyl (C=O) groups excluding carboxylic acids is 2. The van der Waals surface area contributed by atoms with Gasteiger partial charge in [0.2, 0.25) is 0 Å². The van der Waals surface area contributed by atoms with Gasteiger partial charge in [0.1, 0.15) is 17.5 Å². The zero-order valence-corrected chi connectivity index (χ0v) is 18.6. The molecule has 3 aromatic carbocycles. The molecule has 172 valence electrons. The highest BCUT2D eigenvalue weighted by molar-refractivity contribution is 6.20. The number of carbonyl (C=O) groups is 2. The van der Waals surface area contributed by atoms with Crippen LogP contribution in [0.3, 0.4) is 0 Å². The van der Waals surface area contributed by atoms with Gasteiger partial charge >= 0.3 is 0 Å². The molecule has 9 nitrogen and oxygen atoms in total. The van der Waals surface area contributed by atoms with Gasteiger partial charge in [0.25, 0.3) is 17.5 Å². The lowest BCUT2D eigenvalue weighted by molar-refractivity contribution is -0.384. The highest BCUT2D eigenvalue weighted by Crippen LogP contribution is 2.31. The maximum Gasteiger partial charge on any atom is 0.270 e. The Hall–Kier alpha value is -5.10. The van der Waals surface area contributed by atoms with Crippen molar-refractivity contribution in [1.29, 1.82) is 5.26 Å². The SMILES string of the molecule is C[C@@H](NC(=O)/C(C#N)=C1/N=C(NC(=O)c2cccc([N+](=O)[O-])c2)c2ccccc21)c1ccccc1. The van der Waals surface area contributed by atoms with Crippen LogP contribution in [-0.4, -0.2) is 22.6 Å². The molecule has 0 fully saturated rings. The molecule has 0 saturated carbocycles. The summed E-state index contributed by atoms with van der Waals surface area (Å²) in [4.78, 5) is 40.6. The minimum absolute atomic E-state index is 0.0757. The molecule has 2 amide bonds. The first-order valence-corrected chi connectivity index (χ1v) is 10.6. The molecule has 0 aliphatic carbocycles. The van der Waals surface area contributed by atoms with Crippen molar-refractivity contribution in [1.82, 2.24) is 10.6 Å². The summed E-state index contributed by atoms with van der Waals surface area (Å²) in [6.45, 7) is 1.81. The summed E-state index contributed by atoms with van der Waals surface area (Å²) < 4.78 is 0. The van der Waals surface area contributed by atoms with E-state index in [1.54, 1.807) is 24.3 Å². The minimum atomic E-state index is -0.607. The molecule has 0 spiro atoms. The number of hydrogen-bond acceptors (Lipinski definition) is 6. The van der Waals surface area contributed by atoms with Crippen LogP contribution in [0.4, 0.5) is 5.69 Å². The number of nitriles is 1. The molecule has 35 heavy (non-hydrogen) atoms. The number of rotatable bonds is 5. The number of non-ortho nitro benzene ring substituents is 1. The first kappa shape index (κ1) is 23.1. The van der Waals surface area contributed by atoms with E-state index in [2.05, 4.69) is 15.6 Å². The number of nitrogens with one attached hydrogen (secondary N) is 2. The summed E-state index contributed by atoms with van der Waals surface area (Å²) in [5, 5.41) is 26.3. The Kier molecular flexibility index (Phi) is 6.46. The summed E-state index contributed by atoms with van der Waals surface area (Å²) in [6.07, 6.45) is 0. The number of amides is 2. The van der Waals surface area contributed by atoms with Crippen LogP contribution in [0.25, 0.3) is 5.70 Å². The molecule has 0 aromatic heterocycles. The topological polar surface area (TPSA) is 137 Å². The van der Waals surface area contributed by atoms with E-state index in [1.165, 1.54) is 18.2 Å². The second kappa shape index (κ2) is 9.80. The van der Waals surface area contributed by atoms with Crippen molar-refractivity contribution in [3.8, 4) is 6.07 Å². The summed E-state index contributed by atoms with van der Waals surface area (Å²) in [6, 6.07) is 23.1. The Labute approximate surface area is 200 Å². The fourth-order valence-electron chi connectivity index (χ4n) is 3.66. The van der Waals surface area contributed by atoms with E-state index in [9.17, 15) is 25.0 Å². The van der Waals surface area contributed by atoms with E-state index in [1.807, 2.05) is 43.3 Å². The molecule has 2 N–H and O–H groups in total. The van der Waals surface area contributed by atoms with Crippen LogP contribution in [0.1, 0.15) is 40.0 Å². The van der Waals surface area contributed by atoms with Crippen molar-refractivity contribution >= 4 is 29.0 Å². The fraction of sp³-hybridized carbons (Fsp3) is 0.0769. The van der Waals surface area contributed by atoms with Gasteiger partial charge in [0.15, 0.2) is 0 Å². The summed E-state index contributed by atoms with van der Waals surface area (Å²) in [5.74, 6) is -1.06. The molecule has 9 heteroatoms. The number of nitrogens with zero attached hydrogens (tertiary/aromatic N) is 3. The van der Waals surface area contributed by atoms with E-state index in [4.69, 9.17) is 0 Å². The van der Waals surface area contributed by atoms with Crippen LogP contribution < -0.4 is 10.6 Å². The van der Waals surface area contributed by atoms with Gasteiger partial charge in [-0.05, 0) is 18.6 Å². The zero-order valence-electron chi connectivity index (χ0n) is 18.6.